The number of amides is 2. The number of fused-ring (bicyclic) bond motifs is 2. The molecule has 0 aliphatic carbocycles. The van der Waals surface area contributed by atoms with E-state index in [9.17, 15) is 13.8 Å². The molecule has 0 aromatic heterocycles. The van der Waals surface area contributed by atoms with Crippen molar-refractivity contribution in [3.05, 3.63) is 118 Å². The lowest BCUT2D eigenvalue weighted by Gasteiger charge is -2.36. The molecule has 0 unspecified atom stereocenters. The van der Waals surface area contributed by atoms with E-state index >= 15 is 0 Å². The Hall–Kier alpha value is -3.98. The molecule has 44 heavy (non-hydrogen) atoms. The summed E-state index contributed by atoms with van der Waals surface area (Å²) < 4.78 is 13.8. The van der Waals surface area contributed by atoms with E-state index < -0.39 is 10.8 Å². The minimum atomic E-state index is -1.58. The highest BCUT2D eigenvalue weighted by Crippen LogP contribution is 2.36. The number of rotatable bonds is 7. The highest BCUT2D eigenvalue weighted by Gasteiger charge is 2.32. The van der Waals surface area contributed by atoms with Crippen molar-refractivity contribution in [3.8, 4) is 0 Å². The molecule has 0 radical (unpaired) electrons. The number of hydrogen-bond acceptors (Lipinski definition) is 5. The summed E-state index contributed by atoms with van der Waals surface area (Å²) in [6.45, 7) is 9.14. The normalized spacial score (nSPS) is 16.7. The molecule has 1 fully saturated rings. The monoisotopic (exact) mass is 626 g/mol. The Bertz CT molecular complexity index is 1750. The molecule has 6 rings (SSSR count). The maximum atomic E-state index is 14.0. The molecule has 2 heterocycles. The highest BCUT2D eigenvalue weighted by molar-refractivity contribution is 7.85. The lowest BCUT2D eigenvalue weighted by molar-refractivity contribution is 0.0944. The van der Waals surface area contributed by atoms with Gasteiger partial charge >= 0.3 is 0 Å². The van der Waals surface area contributed by atoms with E-state index in [2.05, 4.69) is 27.2 Å². The van der Waals surface area contributed by atoms with Crippen molar-refractivity contribution in [2.75, 3.05) is 49.1 Å². The second-order valence-electron chi connectivity index (χ2n) is 11.3. The van der Waals surface area contributed by atoms with Crippen LogP contribution in [0.15, 0.2) is 94.7 Å². The molecule has 2 amide bonds. The maximum Gasteiger partial charge on any atom is 0.259 e. The Labute approximate surface area is 265 Å². The van der Waals surface area contributed by atoms with Crippen LogP contribution in [-0.2, 0) is 17.3 Å². The zero-order valence-corrected chi connectivity index (χ0v) is 26.5. The summed E-state index contributed by atoms with van der Waals surface area (Å²) in [5, 5.41) is 3.78. The van der Waals surface area contributed by atoms with Crippen LogP contribution in [0.25, 0.3) is 0 Å². The Morgan fingerprint density at radius 1 is 0.886 bits per heavy atom. The fraction of sp³-hybridized carbons (Fsp3) is 0.257. The standard InChI is InChI=1S/C35H35ClN4O3S/c1-24-10-11-25(2)27(20-24)23-40-31-21-26(12-13-33(31)44(43)32-9-4-3-8-30(32)35(40)42)34(41)37-14-15-38-16-18-39(19-17-38)29-7-5-6-28(36)22-29/h3-13,20-22H,14-19,23H2,1-2H3,(H,37,41)/t44-/m0/s1. The summed E-state index contributed by atoms with van der Waals surface area (Å²) in [6, 6.07) is 26.3. The Morgan fingerprint density at radius 2 is 1.68 bits per heavy atom. The van der Waals surface area contributed by atoms with Crippen LogP contribution in [0.2, 0.25) is 5.02 Å². The molecule has 1 atom stereocenters. The van der Waals surface area contributed by atoms with Crippen molar-refractivity contribution >= 4 is 45.6 Å². The molecule has 0 saturated carbocycles. The quantitative estimate of drug-likeness (QED) is 0.279. The van der Waals surface area contributed by atoms with E-state index in [1.807, 2.05) is 44.2 Å². The largest absolute Gasteiger partial charge is 0.369 e. The third-order valence-corrected chi connectivity index (χ3v) is 10.1. The predicted molar refractivity (Wildman–Crippen MR) is 176 cm³/mol. The summed E-state index contributed by atoms with van der Waals surface area (Å²) in [5.41, 5.74) is 5.62. The van der Waals surface area contributed by atoms with Gasteiger partial charge in [-0.05, 0) is 73.5 Å². The first-order valence-corrected chi connectivity index (χ1v) is 16.4. The molecule has 0 bridgehead atoms. The average molecular weight is 627 g/mol. The fourth-order valence-electron chi connectivity index (χ4n) is 5.83. The summed E-state index contributed by atoms with van der Waals surface area (Å²) in [6.07, 6.45) is 0. The predicted octanol–water partition coefficient (Wildman–Crippen LogP) is 5.84. The van der Waals surface area contributed by atoms with Crippen LogP contribution in [0, 0.1) is 13.8 Å². The maximum absolute atomic E-state index is 14.0. The van der Waals surface area contributed by atoms with Gasteiger partial charge in [0.25, 0.3) is 11.8 Å². The number of halogens is 1. The molecule has 1 saturated heterocycles. The summed E-state index contributed by atoms with van der Waals surface area (Å²) in [4.78, 5) is 34.6. The van der Waals surface area contributed by atoms with Crippen LogP contribution in [0.4, 0.5) is 11.4 Å². The van der Waals surface area contributed by atoms with Crippen molar-refractivity contribution in [3.63, 3.8) is 0 Å². The molecule has 1 N–H and O–H groups in total. The second kappa shape index (κ2) is 12.9. The van der Waals surface area contributed by atoms with Crippen molar-refractivity contribution in [1.29, 1.82) is 0 Å². The van der Waals surface area contributed by atoms with E-state index in [1.165, 1.54) is 0 Å². The van der Waals surface area contributed by atoms with E-state index in [0.717, 1.165) is 60.1 Å². The zero-order valence-electron chi connectivity index (χ0n) is 24.9. The van der Waals surface area contributed by atoms with E-state index in [0.29, 0.717) is 39.7 Å². The Morgan fingerprint density at radius 3 is 2.48 bits per heavy atom. The molecule has 2 aliphatic rings. The van der Waals surface area contributed by atoms with Gasteiger partial charge < -0.3 is 15.1 Å². The number of carbonyl (C=O) groups is 2. The second-order valence-corrected chi connectivity index (χ2v) is 13.2. The van der Waals surface area contributed by atoms with Gasteiger partial charge in [-0.25, -0.2) is 4.21 Å². The lowest BCUT2D eigenvalue weighted by Crippen LogP contribution is -2.48. The molecule has 4 aromatic carbocycles. The van der Waals surface area contributed by atoms with Crippen molar-refractivity contribution in [1.82, 2.24) is 10.2 Å². The number of piperazine rings is 1. The van der Waals surface area contributed by atoms with Gasteiger partial charge in [0.2, 0.25) is 0 Å². The van der Waals surface area contributed by atoms with Crippen molar-refractivity contribution in [2.45, 2.75) is 30.2 Å². The molecular weight excluding hydrogens is 592 g/mol. The third-order valence-electron chi connectivity index (χ3n) is 8.37. The molecule has 226 valence electrons. The van der Waals surface area contributed by atoms with E-state index in [1.54, 1.807) is 47.4 Å². The van der Waals surface area contributed by atoms with Crippen LogP contribution in [0.5, 0.6) is 0 Å². The van der Waals surface area contributed by atoms with E-state index in [-0.39, 0.29) is 11.8 Å². The summed E-state index contributed by atoms with van der Waals surface area (Å²) >= 11 is 6.17. The smallest absolute Gasteiger partial charge is 0.259 e. The number of nitrogens with zero attached hydrogens (tertiary/aromatic N) is 3. The van der Waals surface area contributed by atoms with Gasteiger partial charge in [0, 0.05) is 55.5 Å². The van der Waals surface area contributed by atoms with Gasteiger partial charge in [-0.15, -0.1) is 0 Å². The number of carbonyl (C=O) groups excluding carboxylic acids is 2. The van der Waals surface area contributed by atoms with Crippen LogP contribution in [0.1, 0.15) is 37.4 Å². The van der Waals surface area contributed by atoms with Gasteiger partial charge in [0.05, 0.1) is 38.4 Å². The topological polar surface area (TPSA) is 73.0 Å². The van der Waals surface area contributed by atoms with Crippen molar-refractivity contribution in [2.24, 2.45) is 0 Å². The third kappa shape index (κ3) is 6.29. The van der Waals surface area contributed by atoms with E-state index in [4.69, 9.17) is 11.6 Å². The fourth-order valence-corrected chi connectivity index (χ4v) is 7.36. The van der Waals surface area contributed by atoms with Gasteiger partial charge in [-0.2, -0.15) is 0 Å². The Balaban J connectivity index is 1.18. The number of nitrogens with one attached hydrogen (secondary N) is 1. The number of hydrogen-bond donors (Lipinski definition) is 1. The van der Waals surface area contributed by atoms with Crippen LogP contribution >= 0.6 is 11.6 Å². The number of aryl methyl sites for hydroxylation is 2. The average Bonchev–Trinajstić information content (AvgIpc) is 3.12. The first kappa shape index (κ1) is 30.1. The van der Waals surface area contributed by atoms with Crippen LogP contribution < -0.4 is 15.1 Å². The summed E-state index contributed by atoms with van der Waals surface area (Å²) in [5.74, 6) is -0.458. The first-order valence-electron chi connectivity index (χ1n) is 14.8. The van der Waals surface area contributed by atoms with Crippen LogP contribution in [-0.4, -0.2) is 60.2 Å². The van der Waals surface area contributed by atoms with Gasteiger partial charge in [0.15, 0.2) is 0 Å². The number of anilines is 2. The SMILES string of the molecule is Cc1ccc(C)c(CN2C(=O)c3ccccc3[S@](=O)c3ccc(C(=O)NCCN4CCN(c5cccc(Cl)c5)CC4)cc32)c1. The molecule has 7 nitrogen and oxygen atoms in total. The highest BCUT2D eigenvalue weighted by atomic mass is 35.5. The molecule has 4 aromatic rings. The Kier molecular flexibility index (Phi) is 8.84. The van der Waals surface area contributed by atoms with Gasteiger partial charge in [-0.1, -0.05) is 53.6 Å². The lowest BCUT2D eigenvalue weighted by atomic mass is 10.0. The number of benzene rings is 4. The molecule has 9 heteroatoms. The minimum absolute atomic E-state index is 0.225. The van der Waals surface area contributed by atoms with Crippen molar-refractivity contribution < 1.29 is 13.8 Å². The summed E-state index contributed by atoms with van der Waals surface area (Å²) in [7, 11) is -1.58. The van der Waals surface area contributed by atoms with Gasteiger partial charge in [-0.3, -0.25) is 14.5 Å². The molecule has 0 spiro atoms. The molecular formula is C35H35ClN4O3S. The minimum Gasteiger partial charge on any atom is -0.369 e. The van der Waals surface area contributed by atoms with Crippen LogP contribution in [0.3, 0.4) is 0 Å². The zero-order chi connectivity index (χ0) is 30.8. The first-order chi connectivity index (χ1) is 21.3. The molecule has 2 aliphatic heterocycles. The van der Waals surface area contributed by atoms with Gasteiger partial charge in [0.1, 0.15) is 0 Å².